The van der Waals surface area contributed by atoms with Crippen molar-refractivity contribution in [2.45, 2.75) is 45.2 Å². The van der Waals surface area contributed by atoms with Crippen molar-refractivity contribution < 1.29 is 9.59 Å². The van der Waals surface area contributed by atoms with E-state index in [0.29, 0.717) is 6.54 Å². The number of rotatable bonds is 5. The fourth-order valence-corrected chi connectivity index (χ4v) is 3.00. The number of benzene rings is 1. The van der Waals surface area contributed by atoms with Gasteiger partial charge in [0.15, 0.2) is 0 Å². The fraction of sp³-hybridized carbons (Fsp3) is 0.350. The lowest BCUT2D eigenvalue weighted by Gasteiger charge is -2.12. The summed E-state index contributed by atoms with van der Waals surface area (Å²) in [5.41, 5.74) is 2.74. The standard InChI is InChI=1S/C20H23N3O2/c1-14-9-11-15(12-10-14)13-21-19(24)17-7-4-8-18(23-17)20(25)22-16-5-2-3-6-16/h4,7-12,16H,2-3,5-6,13H2,1H3,(H,21,24)(H,22,25). The minimum absolute atomic E-state index is 0.208. The van der Waals surface area contributed by atoms with Crippen LogP contribution in [-0.2, 0) is 6.54 Å². The monoisotopic (exact) mass is 337 g/mol. The Morgan fingerprint density at radius 2 is 1.64 bits per heavy atom. The fourth-order valence-electron chi connectivity index (χ4n) is 3.00. The Morgan fingerprint density at radius 3 is 2.32 bits per heavy atom. The Morgan fingerprint density at radius 1 is 1.00 bits per heavy atom. The zero-order valence-electron chi connectivity index (χ0n) is 14.4. The lowest BCUT2D eigenvalue weighted by Crippen LogP contribution is -2.33. The van der Waals surface area contributed by atoms with E-state index in [1.165, 1.54) is 5.56 Å². The quantitative estimate of drug-likeness (QED) is 0.881. The van der Waals surface area contributed by atoms with Gasteiger partial charge in [-0.3, -0.25) is 9.59 Å². The predicted molar refractivity (Wildman–Crippen MR) is 96.3 cm³/mol. The normalized spacial score (nSPS) is 14.3. The smallest absolute Gasteiger partial charge is 0.270 e. The Balaban J connectivity index is 1.60. The van der Waals surface area contributed by atoms with Crippen LogP contribution in [0.25, 0.3) is 0 Å². The Kier molecular flexibility index (Phi) is 5.43. The van der Waals surface area contributed by atoms with Gasteiger partial charge in [0.2, 0.25) is 0 Å². The summed E-state index contributed by atoms with van der Waals surface area (Å²) in [7, 11) is 0. The van der Waals surface area contributed by atoms with Crippen LogP contribution in [0.5, 0.6) is 0 Å². The summed E-state index contributed by atoms with van der Waals surface area (Å²) in [6.45, 7) is 2.45. The number of nitrogens with zero attached hydrogens (tertiary/aromatic N) is 1. The molecule has 1 aromatic carbocycles. The Hall–Kier alpha value is -2.69. The van der Waals surface area contributed by atoms with Gasteiger partial charge in [-0.25, -0.2) is 4.98 Å². The topological polar surface area (TPSA) is 71.1 Å². The Bertz CT molecular complexity index is 750. The average Bonchev–Trinajstić information content (AvgIpc) is 3.14. The number of carbonyl (C=O) groups excluding carboxylic acids is 2. The third-order valence-corrected chi connectivity index (χ3v) is 4.48. The number of aryl methyl sites for hydroxylation is 1. The molecule has 1 saturated carbocycles. The van der Waals surface area contributed by atoms with E-state index in [-0.39, 0.29) is 29.2 Å². The van der Waals surface area contributed by atoms with Crippen molar-refractivity contribution in [3.63, 3.8) is 0 Å². The van der Waals surface area contributed by atoms with Crippen LogP contribution in [-0.4, -0.2) is 22.8 Å². The van der Waals surface area contributed by atoms with Crippen molar-refractivity contribution in [2.75, 3.05) is 0 Å². The largest absolute Gasteiger partial charge is 0.348 e. The molecule has 5 nitrogen and oxygen atoms in total. The van der Waals surface area contributed by atoms with E-state index in [4.69, 9.17) is 0 Å². The molecule has 1 aliphatic rings. The van der Waals surface area contributed by atoms with Crippen LogP contribution in [0.3, 0.4) is 0 Å². The minimum Gasteiger partial charge on any atom is -0.348 e. The molecule has 25 heavy (non-hydrogen) atoms. The van der Waals surface area contributed by atoms with Gasteiger partial charge in [-0.05, 0) is 37.5 Å². The number of nitrogens with one attached hydrogen (secondary N) is 2. The van der Waals surface area contributed by atoms with Gasteiger partial charge in [0.25, 0.3) is 11.8 Å². The van der Waals surface area contributed by atoms with Crippen LogP contribution in [0.1, 0.15) is 57.8 Å². The molecule has 130 valence electrons. The minimum atomic E-state index is -0.281. The molecule has 2 N–H and O–H groups in total. The highest BCUT2D eigenvalue weighted by molar-refractivity contribution is 5.96. The summed E-state index contributed by atoms with van der Waals surface area (Å²) in [5.74, 6) is -0.490. The van der Waals surface area contributed by atoms with E-state index in [9.17, 15) is 9.59 Å². The maximum absolute atomic E-state index is 12.3. The lowest BCUT2D eigenvalue weighted by molar-refractivity contribution is 0.0931. The molecule has 1 heterocycles. The summed E-state index contributed by atoms with van der Waals surface area (Å²) in [4.78, 5) is 28.8. The van der Waals surface area contributed by atoms with Crippen LogP contribution in [0, 0.1) is 6.92 Å². The van der Waals surface area contributed by atoms with Crippen LogP contribution in [0.15, 0.2) is 42.5 Å². The van der Waals surface area contributed by atoms with E-state index in [1.54, 1.807) is 18.2 Å². The zero-order valence-corrected chi connectivity index (χ0v) is 14.4. The Labute approximate surface area is 147 Å². The third-order valence-electron chi connectivity index (χ3n) is 4.48. The molecule has 0 atom stereocenters. The molecule has 1 fully saturated rings. The molecule has 2 amide bonds. The molecule has 0 unspecified atom stereocenters. The molecule has 1 aromatic heterocycles. The molecule has 0 aliphatic heterocycles. The van der Waals surface area contributed by atoms with Gasteiger partial charge in [0.1, 0.15) is 11.4 Å². The summed E-state index contributed by atoms with van der Waals surface area (Å²) in [6, 6.07) is 13.2. The van der Waals surface area contributed by atoms with Crippen molar-refractivity contribution in [2.24, 2.45) is 0 Å². The molecule has 0 bridgehead atoms. The first-order chi connectivity index (χ1) is 12.1. The molecule has 3 rings (SSSR count). The van der Waals surface area contributed by atoms with Crippen molar-refractivity contribution in [3.05, 3.63) is 65.0 Å². The number of aromatic nitrogens is 1. The van der Waals surface area contributed by atoms with E-state index in [0.717, 1.165) is 31.2 Å². The van der Waals surface area contributed by atoms with Gasteiger partial charge in [0.05, 0.1) is 0 Å². The summed E-state index contributed by atoms with van der Waals surface area (Å²) < 4.78 is 0. The second-order valence-corrected chi connectivity index (χ2v) is 6.53. The lowest BCUT2D eigenvalue weighted by atomic mass is 10.1. The van der Waals surface area contributed by atoms with E-state index in [2.05, 4.69) is 15.6 Å². The van der Waals surface area contributed by atoms with Crippen molar-refractivity contribution >= 4 is 11.8 Å². The van der Waals surface area contributed by atoms with Gasteiger partial charge in [-0.1, -0.05) is 48.7 Å². The van der Waals surface area contributed by atoms with E-state index in [1.807, 2.05) is 31.2 Å². The van der Waals surface area contributed by atoms with Gasteiger partial charge in [0, 0.05) is 12.6 Å². The second kappa shape index (κ2) is 7.92. The highest BCUT2D eigenvalue weighted by Crippen LogP contribution is 2.18. The molecular formula is C20H23N3O2. The number of hydrogen-bond donors (Lipinski definition) is 2. The first kappa shape index (κ1) is 17.1. The average molecular weight is 337 g/mol. The van der Waals surface area contributed by atoms with Crippen molar-refractivity contribution in [1.29, 1.82) is 0 Å². The van der Waals surface area contributed by atoms with Gasteiger partial charge in [-0.15, -0.1) is 0 Å². The maximum atomic E-state index is 12.3. The zero-order chi connectivity index (χ0) is 17.6. The molecule has 0 saturated heterocycles. The van der Waals surface area contributed by atoms with E-state index >= 15 is 0 Å². The first-order valence-electron chi connectivity index (χ1n) is 8.73. The van der Waals surface area contributed by atoms with Crippen LogP contribution >= 0.6 is 0 Å². The number of carbonyl (C=O) groups is 2. The van der Waals surface area contributed by atoms with Crippen LogP contribution in [0.2, 0.25) is 0 Å². The highest BCUT2D eigenvalue weighted by Gasteiger charge is 2.19. The van der Waals surface area contributed by atoms with E-state index < -0.39 is 0 Å². The predicted octanol–water partition coefficient (Wildman–Crippen LogP) is 2.99. The SMILES string of the molecule is Cc1ccc(CNC(=O)c2cccc(C(=O)NC3CCCC3)n2)cc1. The molecule has 5 heteroatoms. The highest BCUT2D eigenvalue weighted by atomic mass is 16.2. The number of hydrogen-bond acceptors (Lipinski definition) is 3. The summed E-state index contributed by atoms with van der Waals surface area (Å²) >= 11 is 0. The van der Waals surface area contributed by atoms with Crippen molar-refractivity contribution in [1.82, 2.24) is 15.6 Å². The number of amides is 2. The maximum Gasteiger partial charge on any atom is 0.270 e. The van der Waals surface area contributed by atoms with Crippen LogP contribution < -0.4 is 10.6 Å². The second-order valence-electron chi connectivity index (χ2n) is 6.53. The third kappa shape index (κ3) is 4.66. The summed E-state index contributed by atoms with van der Waals surface area (Å²) in [5, 5.41) is 5.83. The van der Waals surface area contributed by atoms with Gasteiger partial charge < -0.3 is 10.6 Å². The molecular weight excluding hydrogens is 314 g/mol. The molecule has 2 aromatic rings. The summed E-state index contributed by atoms with van der Waals surface area (Å²) in [6.07, 6.45) is 4.34. The van der Waals surface area contributed by atoms with Gasteiger partial charge in [-0.2, -0.15) is 0 Å². The number of pyridine rings is 1. The molecule has 0 spiro atoms. The van der Waals surface area contributed by atoms with Gasteiger partial charge >= 0.3 is 0 Å². The molecule has 1 aliphatic carbocycles. The first-order valence-corrected chi connectivity index (χ1v) is 8.73. The van der Waals surface area contributed by atoms with Crippen molar-refractivity contribution in [3.8, 4) is 0 Å². The molecule has 0 radical (unpaired) electrons. The van der Waals surface area contributed by atoms with Crippen LogP contribution in [0.4, 0.5) is 0 Å².